The van der Waals surface area contributed by atoms with Crippen molar-refractivity contribution in [2.24, 2.45) is 0 Å². The molecule has 0 bridgehead atoms. The third-order valence-corrected chi connectivity index (χ3v) is 3.72. The molecule has 4 heteroatoms. The van der Waals surface area contributed by atoms with Crippen LogP contribution in [0.25, 0.3) is 0 Å². The number of halogens is 1. The molecule has 0 spiro atoms. The SMILES string of the molecule is CCC(=O)N(c1ccccc1Cl)C(C)(CC)COC. The minimum Gasteiger partial charge on any atom is -0.382 e. The molecule has 19 heavy (non-hydrogen) atoms. The number of amides is 1. The molecule has 0 saturated carbocycles. The lowest BCUT2D eigenvalue weighted by atomic mass is 9.95. The van der Waals surface area contributed by atoms with Crippen LogP contribution in [0.2, 0.25) is 5.02 Å². The number of benzene rings is 1. The Hall–Kier alpha value is -1.06. The number of carbonyl (C=O) groups excluding carboxylic acids is 1. The van der Waals surface area contributed by atoms with E-state index in [-0.39, 0.29) is 5.91 Å². The molecule has 0 aliphatic rings. The van der Waals surface area contributed by atoms with Gasteiger partial charge in [-0.25, -0.2) is 0 Å². The average Bonchev–Trinajstić information content (AvgIpc) is 2.41. The topological polar surface area (TPSA) is 29.5 Å². The molecule has 0 heterocycles. The molecule has 1 unspecified atom stereocenters. The summed E-state index contributed by atoms with van der Waals surface area (Å²) in [5, 5.41) is 0.583. The number of methoxy groups -OCH3 is 1. The van der Waals surface area contributed by atoms with Gasteiger partial charge in [0.1, 0.15) is 0 Å². The van der Waals surface area contributed by atoms with Crippen molar-refractivity contribution in [3.63, 3.8) is 0 Å². The molecular weight excluding hydrogens is 262 g/mol. The minimum atomic E-state index is -0.396. The molecule has 0 aromatic heterocycles. The molecule has 1 aromatic carbocycles. The first-order valence-corrected chi connectivity index (χ1v) is 6.94. The van der Waals surface area contributed by atoms with Gasteiger partial charge in [-0.2, -0.15) is 0 Å². The Labute approximate surface area is 120 Å². The fourth-order valence-electron chi connectivity index (χ4n) is 2.15. The van der Waals surface area contributed by atoms with Crippen molar-refractivity contribution in [2.75, 3.05) is 18.6 Å². The van der Waals surface area contributed by atoms with Gasteiger partial charge in [0.2, 0.25) is 5.91 Å². The molecule has 0 radical (unpaired) electrons. The zero-order valence-electron chi connectivity index (χ0n) is 12.1. The Morgan fingerprint density at radius 3 is 2.47 bits per heavy atom. The van der Waals surface area contributed by atoms with Crippen LogP contribution in [0.15, 0.2) is 24.3 Å². The van der Waals surface area contributed by atoms with E-state index in [4.69, 9.17) is 16.3 Å². The Bertz CT molecular complexity index is 436. The molecular formula is C15H22ClNO2. The van der Waals surface area contributed by atoms with Gasteiger partial charge in [0.15, 0.2) is 0 Å². The Balaban J connectivity index is 3.29. The van der Waals surface area contributed by atoms with Gasteiger partial charge >= 0.3 is 0 Å². The third kappa shape index (κ3) is 3.48. The summed E-state index contributed by atoms with van der Waals surface area (Å²) >= 11 is 6.25. The summed E-state index contributed by atoms with van der Waals surface area (Å²) < 4.78 is 5.30. The number of anilines is 1. The Morgan fingerprint density at radius 2 is 2.00 bits per heavy atom. The second-order valence-electron chi connectivity index (χ2n) is 4.82. The molecule has 1 atom stereocenters. The highest BCUT2D eigenvalue weighted by atomic mass is 35.5. The van der Waals surface area contributed by atoms with Gasteiger partial charge in [0.25, 0.3) is 0 Å². The molecule has 106 valence electrons. The highest BCUT2D eigenvalue weighted by molar-refractivity contribution is 6.33. The first-order valence-electron chi connectivity index (χ1n) is 6.56. The summed E-state index contributed by atoms with van der Waals surface area (Å²) in [4.78, 5) is 14.1. The van der Waals surface area contributed by atoms with Gasteiger partial charge in [-0.1, -0.05) is 37.6 Å². The molecule has 3 nitrogen and oxygen atoms in total. The number of ether oxygens (including phenoxy) is 1. The number of rotatable bonds is 6. The summed E-state index contributed by atoms with van der Waals surface area (Å²) in [5.74, 6) is 0.0505. The number of nitrogens with zero attached hydrogens (tertiary/aromatic N) is 1. The monoisotopic (exact) mass is 283 g/mol. The zero-order valence-corrected chi connectivity index (χ0v) is 12.8. The lowest BCUT2D eigenvalue weighted by molar-refractivity contribution is -0.120. The second kappa shape index (κ2) is 6.92. The molecule has 0 fully saturated rings. The van der Waals surface area contributed by atoms with E-state index in [0.29, 0.717) is 18.1 Å². The lowest BCUT2D eigenvalue weighted by Crippen LogP contribution is -2.52. The van der Waals surface area contributed by atoms with Crippen molar-refractivity contribution in [2.45, 2.75) is 39.2 Å². The first kappa shape index (κ1) is 16.0. The Kier molecular flexibility index (Phi) is 5.83. The largest absolute Gasteiger partial charge is 0.382 e. The predicted molar refractivity (Wildman–Crippen MR) is 79.8 cm³/mol. The minimum absolute atomic E-state index is 0.0505. The fraction of sp³-hybridized carbons (Fsp3) is 0.533. The average molecular weight is 284 g/mol. The Morgan fingerprint density at radius 1 is 1.37 bits per heavy atom. The van der Waals surface area contributed by atoms with Crippen molar-refractivity contribution in [3.8, 4) is 0 Å². The highest BCUT2D eigenvalue weighted by Crippen LogP contribution is 2.33. The first-order chi connectivity index (χ1) is 9.00. The summed E-state index contributed by atoms with van der Waals surface area (Å²) in [5.41, 5.74) is 0.352. The number of para-hydroxylation sites is 1. The maximum absolute atomic E-state index is 12.4. The van der Waals surface area contributed by atoms with Crippen LogP contribution in [-0.4, -0.2) is 25.2 Å². The molecule has 0 saturated heterocycles. The normalized spacial score (nSPS) is 13.9. The van der Waals surface area contributed by atoms with Crippen LogP contribution in [0.3, 0.4) is 0 Å². The van der Waals surface area contributed by atoms with Crippen LogP contribution in [0.1, 0.15) is 33.6 Å². The summed E-state index contributed by atoms with van der Waals surface area (Å²) in [6.07, 6.45) is 1.22. The highest BCUT2D eigenvalue weighted by Gasteiger charge is 2.35. The predicted octanol–water partition coefficient (Wildman–Crippen LogP) is 3.90. The van der Waals surface area contributed by atoms with Crippen LogP contribution < -0.4 is 4.90 Å². The number of carbonyl (C=O) groups is 1. The second-order valence-corrected chi connectivity index (χ2v) is 5.22. The zero-order chi connectivity index (χ0) is 14.5. The van der Waals surface area contributed by atoms with E-state index in [0.717, 1.165) is 12.1 Å². The molecule has 0 aliphatic carbocycles. The summed E-state index contributed by atoms with van der Waals surface area (Å²) in [7, 11) is 1.65. The standard InChI is InChI=1S/C15H22ClNO2/c1-5-14(18)17(15(3,6-2)11-19-4)13-10-8-7-9-12(13)16/h7-10H,5-6,11H2,1-4H3. The smallest absolute Gasteiger partial charge is 0.227 e. The van der Waals surface area contributed by atoms with Crippen molar-refractivity contribution in [1.29, 1.82) is 0 Å². The molecule has 1 amide bonds. The summed E-state index contributed by atoms with van der Waals surface area (Å²) in [6.45, 7) is 6.40. The number of hydrogen-bond donors (Lipinski definition) is 0. The van der Waals surface area contributed by atoms with Crippen LogP contribution in [0.5, 0.6) is 0 Å². The maximum Gasteiger partial charge on any atom is 0.227 e. The maximum atomic E-state index is 12.4. The van der Waals surface area contributed by atoms with Gasteiger partial charge in [-0.15, -0.1) is 0 Å². The van der Waals surface area contributed by atoms with Gasteiger partial charge in [0.05, 0.1) is 22.9 Å². The fourth-order valence-corrected chi connectivity index (χ4v) is 2.37. The van der Waals surface area contributed by atoms with E-state index < -0.39 is 5.54 Å². The van der Waals surface area contributed by atoms with E-state index in [1.165, 1.54) is 0 Å². The number of hydrogen-bond acceptors (Lipinski definition) is 2. The van der Waals surface area contributed by atoms with E-state index >= 15 is 0 Å². The molecule has 1 aromatic rings. The van der Waals surface area contributed by atoms with Gasteiger partial charge in [-0.3, -0.25) is 4.79 Å². The van der Waals surface area contributed by atoms with E-state index in [1.807, 2.05) is 39.0 Å². The van der Waals surface area contributed by atoms with E-state index in [1.54, 1.807) is 18.1 Å². The van der Waals surface area contributed by atoms with Crippen LogP contribution in [-0.2, 0) is 9.53 Å². The van der Waals surface area contributed by atoms with Crippen LogP contribution >= 0.6 is 11.6 Å². The van der Waals surface area contributed by atoms with Crippen molar-refractivity contribution >= 4 is 23.2 Å². The molecule has 0 aliphatic heterocycles. The molecule has 0 N–H and O–H groups in total. The molecule has 1 rings (SSSR count). The van der Waals surface area contributed by atoms with Crippen molar-refractivity contribution < 1.29 is 9.53 Å². The van der Waals surface area contributed by atoms with Gasteiger partial charge < -0.3 is 9.64 Å². The van der Waals surface area contributed by atoms with Gasteiger partial charge in [-0.05, 0) is 25.5 Å². The van der Waals surface area contributed by atoms with Gasteiger partial charge in [0, 0.05) is 13.5 Å². The van der Waals surface area contributed by atoms with E-state index in [9.17, 15) is 4.79 Å². The lowest BCUT2D eigenvalue weighted by Gasteiger charge is -2.40. The summed E-state index contributed by atoms with van der Waals surface area (Å²) in [6, 6.07) is 7.43. The van der Waals surface area contributed by atoms with Crippen LogP contribution in [0, 0.1) is 0 Å². The third-order valence-electron chi connectivity index (χ3n) is 3.40. The van der Waals surface area contributed by atoms with Crippen molar-refractivity contribution in [1.82, 2.24) is 0 Å². The van der Waals surface area contributed by atoms with Crippen LogP contribution in [0.4, 0.5) is 5.69 Å². The van der Waals surface area contributed by atoms with E-state index in [2.05, 4.69) is 0 Å². The quantitative estimate of drug-likeness (QED) is 0.792. The van der Waals surface area contributed by atoms with Crippen molar-refractivity contribution in [3.05, 3.63) is 29.3 Å².